The highest BCUT2D eigenvalue weighted by Crippen LogP contribution is 2.18. The van der Waals surface area contributed by atoms with E-state index in [4.69, 9.17) is 4.74 Å². The van der Waals surface area contributed by atoms with E-state index in [0.29, 0.717) is 0 Å². The van der Waals surface area contributed by atoms with Gasteiger partial charge < -0.3 is 4.74 Å². The van der Waals surface area contributed by atoms with Gasteiger partial charge in [-0.2, -0.15) is 4.99 Å². The molecule has 0 saturated carbocycles. The number of isothiocyanates is 1. The maximum atomic E-state index is 5.05. The average molecular weight is 167 g/mol. The van der Waals surface area contributed by atoms with Gasteiger partial charge in [0.15, 0.2) is 0 Å². The summed E-state index contributed by atoms with van der Waals surface area (Å²) < 4.78 is 5.05. The van der Waals surface area contributed by atoms with Crippen molar-refractivity contribution in [1.29, 1.82) is 0 Å². The van der Waals surface area contributed by atoms with Crippen molar-refractivity contribution in [3.05, 3.63) is 23.6 Å². The highest BCUT2D eigenvalue weighted by molar-refractivity contribution is 7.78. The average Bonchev–Trinajstić information content (AvgIpc) is 2.07. The van der Waals surface area contributed by atoms with E-state index < -0.39 is 0 Å². The number of nitrogens with zero attached hydrogens (tertiary/aromatic N) is 1. The van der Waals surface area contributed by atoms with Crippen LogP contribution in [0.3, 0.4) is 0 Å². The zero-order valence-corrected chi connectivity index (χ0v) is 7.15. The number of thiocarbonyl (C=S) groups is 1. The lowest BCUT2D eigenvalue weighted by Crippen LogP contribution is -1.93. The molecule has 0 atom stereocenters. The van der Waals surface area contributed by atoms with E-state index in [9.17, 15) is 0 Å². The van der Waals surface area contributed by atoms with Gasteiger partial charge in [0, 0.05) is 6.42 Å². The SMILES string of the molecule is COC1=CC=C(N=C=S)CC1. The molecule has 11 heavy (non-hydrogen) atoms. The monoisotopic (exact) mass is 167 g/mol. The number of methoxy groups -OCH3 is 1. The zero-order valence-electron chi connectivity index (χ0n) is 6.33. The van der Waals surface area contributed by atoms with Crippen LogP contribution < -0.4 is 0 Å². The van der Waals surface area contributed by atoms with Crippen molar-refractivity contribution >= 4 is 17.4 Å². The van der Waals surface area contributed by atoms with Crippen LogP contribution in [-0.4, -0.2) is 12.3 Å². The molecular formula is C8H9NOS. The van der Waals surface area contributed by atoms with Crippen molar-refractivity contribution in [2.45, 2.75) is 12.8 Å². The molecule has 58 valence electrons. The van der Waals surface area contributed by atoms with Gasteiger partial charge in [0.2, 0.25) is 0 Å². The molecule has 0 aliphatic heterocycles. The van der Waals surface area contributed by atoms with Crippen LogP contribution in [0.15, 0.2) is 28.6 Å². The van der Waals surface area contributed by atoms with Crippen molar-refractivity contribution in [3.63, 3.8) is 0 Å². The highest BCUT2D eigenvalue weighted by atomic mass is 32.1. The minimum Gasteiger partial charge on any atom is -0.501 e. The number of hydrogen-bond acceptors (Lipinski definition) is 3. The Morgan fingerprint density at radius 2 is 2.36 bits per heavy atom. The lowest BCUT2D eigenvalue weighted by Gasteiger charge is -2.08. The van der Waals surface area contributed by atoms with Crippen molar-refractivity contribution in [3.8, 4) is 0 Å². The largest absolute Gasteiger partial charge is 0.501 e. The molecule has 0 heterocycles. The minimum atomic E-state index is 0.892. The Labute approximate surface area is 71.3 Å². The molecule has 3 heteroatoms. The number of hydrogen-bond donors (Lipinski definition) is 0. The summed E-state index contributed by atoms with van der Waals surface area (Å²) in [6.07, 6.45) is 5.61. The molecule has 0 aromatic heterocycles. The summed E-state index contributed by atoms with van der Waals surface area (Å²) in [7, 11) is 1.67. The Balaban J connectivity index is 2.68. The normalized spacial score (nSPS) is 16.1. The minimum absolute atomic E-state index is 0.892. The lowest BCUT2D eigenvalue weighted by molar-refractivity contribution is 0.275. The molecule has 2 nitrogen and oxygen atoms in total. The molecule has 1 rings (SSSR count). The molecule has 1 aliphatic rings. The number of aliphatic imine (C=N–C) groups is 1. The van der Waals surface area contributed by atoms with Crippen LogP contribution in [0.2, 0.25) is 0 Å². The molecule has 0 radical (unpaired) electrons. The summed E-state index contributed by atoms with van der Waals surface area (Å²) in [6, 6.07) is 0. The van der Waals surface area contributed by atoms with Gasteiger partial charge in [0.1, 0.15) is 0 Å². The number of ether oxygens (including phenoxy) is 1. The third-order valence-corrected chi connectivity index (χ3v) is 1.63. The van der Waals surface area contributed by atoms with Crippen LogP contribution in [0.25, 0.3) is 0 Å². The fourth-order valence-electron chi connectivity index (χ4n) is 0.929. The van der Waals surface area contributed by atoms with Crippen LogP contribution in [0.1, 0.15) is 12.8 Å². The van der Waals surface area contributed by atoms with Gasteiger partial charge in [-0.05, 0) is 30.8 Å². The Morgan fingerprint density at radius 3 is 2.82 bits per heavy atom. The van der Waals surface area contributed by atoms with Gasteiger partial charge >= 0.3 is 0 Å². The number of allylic oxidation sites excluding steroid dienone is 4. The van der Waals surface area contributed by atoms with Crippen molar-refractivity contribution < 1.29 is 4.74 Å². The van der Waals surface area contributed by atoms with Gasteiger partial charge in [-0.25, -0.2) is 0 Å². The highest BCUT2D eigenvalue weighted by Gasteiger charge is 2.03. The van der Waals surface area contributed by atoms with E-state index in [-0.39, 0.29) is 0 Å². The van der Waals surface area contributed by atoms with Crippen LogP contribution in [0.4, 0.5) is 0 Å². The molecule has 0 amide bonds. The zero-order chi connectivity index (χ0) is 8.10. The van der Waals surface area contributed by atoms with Gasteiger partial charge in [0.05, 0.1) is 23.7 Å². The first kappa shape index (κ1) is 8.18. The van der Waals surface area contributed by atoms with Gasteiger partial charge in [-0.1, -0.05) is 0 Å². The first-order valence-electron chi connectivity index (χ1n) is 3.38. The predicted octanol–water partition coefficient (Wildman–Crippen LogP) is 2.30. The summed E-state index contributed by atoms with van der Waals surface area (Å²) in [6.45, 7) is 0. The van der Waals surface area contributed by atoms with E-state index >= 15 is 0 Å². The van der Waals surface area contributed by atoms with E-state index in [0.717, 1.165) is 24.3 Å². The fourth-order valence-corrected chi connectivity index (χ4v) is 1.05. The Morgan fingerprint density at radius 1 is 1.55 bits per heavy atom. The predicted molar refractivity (Wildman–Crippen MR) is 47.4 cm³/mol. The first-order valence-corrected chi connectivity index (χ1v) is 3.79. The summed E-state index contributed by atoms with van der Waals surface area (Å²) in [5.41, 5.74) is 0.973. The third kappa shape index (κ3) is 2.30. The van der Waals surface area contributed by atoms with Crippen molar-refractivity contribution in [1.82, 2.24) is 0 Å². The van der Waals surface area contributed by atoms with Gasteiger partial charge in [-0.3, -0.25) is 0 Å². The maximum Gasteiger partial charge on any atom is 0.0959 e. The molecule has 0 saturated heterocycles. The second kappa shape index (κ2) is 4.06. The first-order chi connectivity index (χ1) is 5.36. The summed E-state index contributed by atoms with van der Waals surface area (Å²) in [5, 5.41) is 2.34. The molecular weight excluding hydrogens is 158 g/mol. The smallest absolute Gasteiger partial charge is 0.0959 e. The fraction of sp³-hybridized carbons (Fsp3) is 0.375. The lowest BCUT2D eigenvalue weighted by atomic mass is 10.1. The number of rotatable bonds is 2. The van der Waals surface area contributed by atoms with E-state index in [2.05, 4.69) is 22.4 Å². The molecule has 0 bridgehead atoms. The van der Waals surface area contributed by atoms with Crippen LogP contribution >= 0.6 is 12.2 Å². The Hall–Kier alpha value is -0.920. The molecule has 0 aromatic carbocycles. The molecule has 1 aliphatic carbocycles. The Bertz CT molecular complexity index is 249. The van der Waals surface area contributed by atoms with E-state index in [1.165, 1.54) is 0 Å². The van der Waals surface area contributed by atoms with Gasteiger partial charge in [0.25, 0.3) is 0 Å². The van der Waals surface area contributed by atoms with Crippen molar-refractivity contribution in [2.24, 2.45) is 4.99 Å². The van der Waals surface area contributed by atoms with E-state index in [1.54, 1.807) is 7.11 Å². The second-order valence-electron chi connectivity index (χ2n) is 2.20. The van der Waals surface area contributed by atoms with Gasteiger partial charge in [-0.15, -0.1) is 0 Å². The molecule has 0 unspecified atom stereocenters. The summed E-state index contributed by atoms with van der Waals surface area (Å²) >= 11 is 4.48. The molecule has 0 aromatic rings. The van der Waals surface area contributed by atoms with E-state index in [1.807, 2.05) is 12.2 Å². The van der Waals surface area contributed by atoms with Crippen LogP contribution in [-0.2, 0) is 4.74 Å². The second-order valence-corrected chi connectivity index (χ2v) is 2.38. The molecule has 0 spiro atoms. The Kier molecular flexibility index (Phi) is 3.02. The summed E-state index contributed by atoms with van der Waals surface area (Å²) in [4.78, 5) is 3.88. The summed E-state index contributed by atoms with van der Waals surface area (Å²) in [5.74, 6) is 0.994. The molecule has 0 N–H and O–H groups in total. The van der Waals surface area contributed by atoms with Crippen LogP contribution in [0.5, 0.6) is 0 Å². The van der Waals surface area contributed by atoms with Crippen LogP contribution in [0, 0.1) is 0 Å². The quantitative estimate of drug-likeness (QED) is 0.465. The maximum absolute atomic E-state index is 5.05. The topological polar surface area (TPSA) is 21.6 Å². The third-order valence-electron chi connectivity index (χ3n) is 1.54. The standard InChI is InChI=1S/C8H9NOS/c1-10-8-4-2-7(3-5-8)9-6-11/h2,4H,3,5H2,1H3. The van der Waals surface area contributed by atoms with Crippen molar-refractivity contribution in [2.75, 3.05) is 7.11 Å². The molecule has 0 fully saturated rings.